The highest BCUT2D eigenvalue weighted by molar-refractivity contribution is 6.21. The molecule has 2 heteroatoms. The minimum Gasteiger partial charge on any atom is -0.299 e. The third-order valence-electron chi connectivity index (χ3n) is 4.75. The van der Waals surface area contributed by atoms with Crippen LogP contribution in [0.3, 0.4) is 0 Å². The molecule has 2 rings (SSSR count). The summed E-state index contributed by atoms with van der Waals surface area (Å²) in [7, 11) is 0. The highest BCUT2D eigenvalue weighted by atomic mass is 35.5. The Bertz CT molecular complexity index is 432. The third kappa shape index (κ3) is 4.47. The van der Waals surface area contributed by atoms with Crippen LogP contribution in [0.4, 0.5) is 0 Å². The van der Waals surface area contributed by atoms with Crippen molar-refractivity contribution in [3.8, 4) is 0 Å². The zero-order chi connectivity index (χ0) is 15.5. The van der Waals surface area contributed by atoms with Gasteiger partial charge in [-0.05, 0) is 42.3 Å². The third-order valence-corrected chi connectivity index (χ3v) is 5.14. The first-order valence-electron chi connectivity index (χ1n) is 8.40. The molecule has 0 spiro atoms. The first kappa shape index (κ1) is 16.8. The highest BCUT2D eigenvalue weighted by Gasteiger charge is 2.23. The van der Waals surface area contributed by atoms with Gasteiger partial charge >= 0.3 is 0 Å². The maximum atomic E-state index is 6.69. The van der Waals surface area contributed by atoms with Gasteiger partial charge in [0.25, 0.3) is 0 Å². The number of hydrogen-bond donors (Lipinski definition) is 0. The van der Waals surface area contributed by atoms with E-state index in [4.69, 9.17) is 11.6 Å². The summed E-state index contributed by atoms with van der Waals surface area (Å²) >= 11 is 6.69. The molecule has 118 valence electrons. The zero-order valence-electron chi connectivity index (χ0n) is 14.0. The second-order valence-electron chi connectivity index (χ2n) is 7.39. The minimum atomic E-state index is 0.103. The summed E-state index contributed by atoms with van der Waals surface area (Å²) in [5.41, 5.74) is 2.84. The highest BCUT2D eigenvalue weighted by Crippen LogP contribution is 2.29. The molecular weight excluding hydrogens is 278 g/mol. The predicted molar refractivity (Wildman–Crippen MR) is 93.2 cm³/mol. The number of nitrogens with zero attached hydrogens (tertiary/aromatic N) is 1. The van der Waals surface area contributed by atoms with Crippen molar-refractivity contribution in [3.63, 3.8) is 0 Å². The quantitative estimate of drug-likeness (QED) is 0.661. The second-order valence-corrected chi connectivity index (χ2v) is 7.92. The van der Waals surface area contributed by atoms with Gasteiger partial charge in [0.05, 0.1) is 5.38 Å². The summed E-state index contributed by atoms with van der Waals surface area (Å²) in [5, 5.41) is 0.103. The van der Waals surface area contributed by atoms with Crippen LogP contribution in [0.1, 0.15) is 69.9 Å². The average Bonchev–Trinajstić information content (AvgIpc) is 2.47. The fraction of sp³-hybridized carbons (Fsp3) is 0.684. The topological polar surface area (TPSA) is 3.24 Å². The molecule has 1 nitrogen and oxygen atoms in total. The maximum absolute atomic E-state index is 6.69. The second kappa shape index (κ2) is 7.15. The average molecular weight is 308 g/mol. The Labute approximate surface area is 135 Å². The molecule has 0 N–H and O–H groups in total. The molecule has 0 radical (unpaired) electrons. The summed E-state index contributed by atoms with van der Waals surface area (Å²) in [6.45, 7) is 11.2. The van der Waals surface area contributed by atoms with Gasteiger partial charge in [0.15, 0.2) is 0 Å². The van der Waals surface area contributed by atoms with E-state index >= 15 is 0 Å². The van der Waals surface area contributed by atoms with E-state index < -0.39 is 0 Å². The van der Waals surface area contributed by atoms with E-state index in [0.717, 1.165) is 12.6 Å². The number of hydrogen-bond acceptors (Lipinski definition) is 1. The van der Waals surface area contributed by atoms with Crippen LogP contribution < -0.4 is 0 Å². The van der Waals surface area contributed by atoms with E-state index in [2.05, 4.69) is 56.9 Å². The van der Waals surface area contributed by atoms with Gasteiger partial charge in [-0.25, -0.2) is 0 Å². The smallest absolute Gasteiger partial charge is 0.0712 e. The Morgan fingerprint density at radius 1 is 1.19 bits per heavy atom. The molecule has 21 heavy (non-hydrogen) atoms. The van der Waals surface area contributed by atoms with E-state index in [1.54, 1.807) is 0 Å². The summed E-state index contributed by atoms with van der Waals surface area (Å²) in [6.07, 6.45) is 5.28. The SMILES string of the molecule is CCC1CCCCN1CC(Cl)c1ccc(C(C)(C)C)cc1. The molecule has 0 bridgehead atoms. The summed E-state index contributed by atoms with van der Waals surface area (Å²) < 4.78 is 0. The van der Waals surface area contributed by atoms with Gasteiger partial charge in [0.2, 0.25) is 0 Å². The lowest BCUT2D eigenvalue weighted by atomic mass is 9.86. The van der Waals surface area contributed by atoms with Gasteiger partial charge in [-0.2, -0.15) is 0 Å². The molecule has 1 aromatic carbocycles. The van der Waals surface area contributed by atoms with Crippen LogP contribution in [-0.4, -0.2) is 24.0 Å². The van der Waals surface area contributed by atoms with Crippen LogP contribution in [0.2, 0.25) is 0 Å². The van der Waals surface area contributed by atoms with Crippen molar-refractivity contribution in [3.05, 3.63) is 35.4 Å². The lowest BCUT2D eigenvalue weighted by Gasteiger charge is -2.36. The Kier molecular flexibility index (Phi) is 5.73. The fourth-order valence-corrected chi connectivity index (χ4v) is 3.59. The first-order chi connectivity index (χ1) is 9.91. The van der Waals surface area contributed by atoms with E-state index in [-0.39, 0.29) is 10.8 Å². The molecule has 0 aromatic heterocycles. The number of piperidine rings is 1. The van der Waals surface area contributed by atoms with Crippen LogP contribution in [0, 0.1) is 0 Å². The molecule has 1 aliphatic heterocycles. The van der Waals surface area contributed by atoms with Gasteiger partial charge < -0.3 is 0 Å². The molecule has 1 saturated heterocycles. The Balaban J connectivity index is 2.01. The predicted octanol–water partition coefficient (Wildman–Crippen LogP) is 5.53. The number of rotatable bonds is 4. The van der Waals surface area contributed by atoms with Gasteiger partial charge in [-0.3, -0.25) is 4.90 Å². The van der Waals surface area contributed by atoms with Crippen molar-refractivity contribution < 1.29 is 0 Å². The normalized spacial score (nSPS) is 22.2. The number of halogens is 1. The Morgan fingerprint density at radius 3 is 2.43 bits per heavy atom. The van der Waals surface area contributed by atoms with Gasteiger partial charge in [-0.15, -0.1) is 11.6 Å². The maximum Gasteiger partial charge on any atom is 0.0712 e. The van der Waals surface area contributed by atoms with Crippen LogP contribution >= 0.6 is 11.6 Å². The molecule has 0 saturated carbocycles. The van der Waals surface area contributed by atoms with Gasteiger partial charge in [0, 0.05) is 12.6 Å². The standard InChI is InChI=1S/C19H30ClN/c1-5-17-8-6-7-13-21(17)14-18(20)15-9-11-16(12-10-15)19(2,3)4/h9-12,17-18H,5-8,13-14H2,1-4H3. The van der Waals surface area contributed by atoms with Crippen molar-refractivity contribution in [2.75, 3.05) is 13.1 Å². The Morgan fingerprint density at radius 2 is 1.86 bits per heavy atom. The number of alkyl halides is 1. The van der Waals surface area contributed by atoms with Gasteiger partial charge in [0.1, 0.15) is 0 Å². The molecule has 2 atom stereocenters. The minimum absolute atomic E-state index is 0.103. The van der Waals surface area contributed by atoms with Crippen LogP contribution in [-0.2, 0) is 5.41 Å². The monoisotopic (exact) mass is 307 g/mol. The largest absolute Gasteiger partial charge is 0.299 e. The van der Waals surface area contributed by atoms with Crippen molar-refractivity contribution in [2.45, 2.75) is 70.2 Å². The molecule has 0 amide bonds. The molecule has 2 unspecified atom stereocenters. The number of benzene rings is 1. The first-order valence-corrected chi connectivity index (χ1v) is 8.84. The van der Waals surface area contributed by atoms with E-state index in [1.165, 1.54) is 43.4 Å². The molecule has 1 heterocycles. The Hall–Kier alpha value is -0.530. The zero-order valence-corrected chi connectivity index (χ0v) is 14.8. The van der Waals surface area contributed by atoms with Crippen molar-refractivity contribution >= 4 is 11.6 Å². The summed E-state index contributed by atoms with van der Waals surface area (Å²) in [4.78, 5) is 2.60. The van der Waals surface area contributed by atoms with Crippen LogP contribution in [0.15, 0.2) is 24.3 Å². The lowest BCUT2D eigenvalue weighted by molar-refractivity contribution is 0.144. The molecular formula is C19H30ClN. The fourth-order valence-electron chi connectivity index (χ4n) is 3.27. The summed E-state index contributed by atoms with van der Waals surface area (Å²) in [6, 6.07) is 9.62. The van der Waals surface area contributed by atoms with Crippen LogP contribution in [0.25, 0.3) is 0 Å². The molecule has 1 fully saturated rings. The molecule has 1 aliphatic rings. The van der Waals surface area contributed by atoms with E-state index in [9.17, 15) is 0 Å². The molecule has 1 aromatic rings. The summed E-state index contributed by atoms with van der Waals surface area (Å²) in [5.74, 6) is 0. The van der Waals surface area contributed by atoms with Crippen LogP contribution in [0.5, 0.6) is 0 Å². The molecule has 0 aliphatic carbocycles. The lowest BCUT2D eigenvalue weighted by Crippen LogP contribution is -2.40. The van der Waals surface area contributed by atoms with E-state index in [0.29, 0.717) is 0 Å². The van der Waals surface area contributed by atoms with Crippen molar-refractivity contribution in [1.82, 2.24) is 4.90 Å². The number of likely N-dealkylation sites (tertiary alicyclic amines) is 1. The van der Waals surface area contributed by atoms with Crippen molar-refractivity contribution in [1.29, 1.82) is 0 Å². The van der Waals surface area contributed by atoms with E-state index in [1.807, 2.05) is 0 Å². The van der Waals surface area contributed by atoms with Gasteiger partial charge in [-0.1, -0.05) is 58.4 Å². The van der Waals surface area contributed by atoms with Crippen molar-refractivity contribution in [2.24, 2.45) is 0 Å².